The van der Waals surface area contributed by atoms with E-state index in [2.05, 4.69) is 5.10 Å². The van der Waals surface area contributed by atoms with Gasteiger partial charge in [0.05, 0.1) is 23.2 Å². The molecule has 1 aliphatic carbocycles. The van der Waals surface area contributed by atoms with E-state index in [4.69, 9.17) is 0 Å². The van der Waals surface area contributed by atoms with Crippen molar-refractivity contribution in [1.82, 2.24) is 4.90 Å². The van der Waals surface area contributed by atoms with E-state index >= 15 is 0 Å². The molecule has 2 aromatic rings. The van der Waals surface area contributed by atoms with Gasteiger partial charge < -0.3 is 9.80 Å². The molecule has 0 N–H and O–H groups in total. The zero-order valence-electron chi connectivity index (χ0n) is 21.1. The highest BCUT2D eigenvalue weighted by molar-refractivity contribution is 6.10. The third-order valence-corrected chi connectivity index (χ3v) is 6.92. The molecule has 0 spiro atoms. The van der Waals surface area contributed by atoms with Gasteiger partial charge in [-0.2, -0.15) is 23.5 Å². The van der Waals surface area contributed by atoms with Crippen LogP contribution in [0.3, 0.4) is 0 Å². The van der Waals surface area contributed by atoms with E-state index in [0.717, 1.165) is 28.3 Å². The zero-order chi connectivity index (χ0) is 27.3. The molecule has 1 amide bonds. The quantitative estimate of drug-likeness (QED) is 0.490. The molecule has 2 aliphatic heterocycles. The number of fused-ring (bicyclic) bond motifs is 1. The SMILES string of the molecule is CC.Cc1ccc(N(C)C(=O)[C@@]2(N3C=C4CC43)[C@@H](C)C(C(F)(F)F)=NN2c2ccc(F)c(C#N)c2)cc1. The number of anilines is 2. The monoisotopic (exact) mass is 513 g/mol. The summed E-state index contributed by atoms with van der Waals surface area (Å²) in [6.07, 6.45) is -2.46. The molecule has 3 atom stereocenters. The first-order valence-corrected chi connectivity index (χ1v) is 12.0. The summed E-state index contributed by atoms with van der Waals surface area (Å²) >= 11 is 0. The Labute approximate surface area is 213 Å². The van der Waals surface area contributed by atoms with E-state index < -0.39 is 35.2 Å². The number of nitrogens with zero attached hydrogens (tertiary/aromatic N) is 5. The lowest BCUT2D eigenvalue weighted by molar-refractivity contribution is -0.131. The van der Waals surface area contributed by atoms with Crippen LogP contribution in [0.4, 0.5) is 28.9 Å². The topological polar surface area (TPSA) is 62.9 Å². The summed E-state index contributed by atoms with van der Waals surface area (Å²) in [7, 11) is 1.51. The Morgan fingerprint density at radius 1 is 1.19 bits per heavy atom. The van der Waals surface area contributed by atoms with E-state index in [-0.39, 0.29) is 17.3 Å². The van der Waals surface area contributed by atoms with Crippen molar-refractivity contribution in [3.8, 4) is 6.07 Å². The van der Waals surface area contributed by atoms with Crippen molar-refractivity contribution in [3.05, 3.63) is 71.2 Å². The van der Waals surface area contributed by atoms with Crippen molar-refractivity contribution in [2.45, 2.75) is 52.0 Å². The Hall–Kier alpha value is -3.87. The van der Waals surface area contributed by atoms with E-state index in [9.17, 15) is 27.6 Å². The predicted molar refractivity (Wildman–Crippen MR) is 133 cm³/mol. The number of carbonyl (C=O) groups excluding carboxylic acids is 1. The molecular formula is C27H27F4N5O. The van der Waals surface area contributed by atoms with Crippen LogP contribution in [0.2, 0.25) is 0 Å². The summed E-state index contributed by atoms with van der Waals surface area (Å²) in [5.41, 5.74) is -0.850. The second-order valence-corrected chi connectivity index (χ2v) is 9.05. The van der Waals surface area contributed by atoms with Crippen LogP contribution < -0.4 is 9.91 Å². The molecule has 194 valence electrons. The first-order chi connectivity index (χ1) is 17.5. The highest BCUT2D eigenvalue weighted by Gasteiger charge is 2.68. The number of hydrazone groups is 1. The van der Waals surface area contributed by atoms with Crippen LogP contribution in [-0.2, 0) is 4.79 Å². The number of carbonyl (C=O) groups is 1. The summed E-state index contributed by atoms with van der Waals surface area (Å²) < 4.78 is 56.5. The van der Waals surface area contributed by atoms with Crippen molar-refractivity contribution < 1.29 is 22.4 Å². The molecule has 0 saturated heterocycles. The van der Waals surface area contributed by atoms with Gasteiger partial charge in [0.25, 0.3) is 5.91 Å². The largest absolute Gasteiger partial charge is 0.431 e. The van der Waals surface area contributed by atoms with Gasteiger partial charge in [-0.25, -0.2) is 9.40 Å². The summed E-state index contributed by atoms with van der Waals surface area (Å²) in [6.45, 7) is 7.22. The summed E-state index contributed by atoms with van der Waals surface area (Å²) in [6, 6.07) is 11.9. The molecule has 0 aromatic heterocycles. The van der Waals surface area contributed by atoms with E-state index in [0.29, 0.717) is 12.1 Å². The van der Waals surface area contributed by atoms with Crippen LogP contribution >= 0.6 is 0 Å². The third-order valence-electron chi connectivity index (χ3n) is 6.92. The molecule has 0 bridgehead atoms. The lowest BCUT2D eigenvalue weighted by Gasteiger charge is -2.50. The fourth-order valence-corrected chi connectivity index (χ4v) is 4.89. The molecule has 1 saturated carbocycles. The summed E-state index contributed by atoms with van der Waals surface area (Å²) in [4.78, 5) is 17.2. The van der Waals surface area contributed by atoms with Crippen LogP contribution in [0.15, 0.2) is 59.3 Å². The second kappa shape index (κ2) is 9.21. The van der Waals surface area contributed by atoms with E-state index in [1.165, 1.54) is 24.9 Å². The predicted octanol–water partition coefficient (Wildman–Crippen LogP) is 5.74. The fraction of sp³-hybridized carbons (Fsp3) is 0.370. The Kier molecular flexibility index (Phi) is 6.52. The molecule has 3 aliphatic rings. The Bertz CT molecular complexity index is 1330. The lowest BCUT2D eigenvalue weighted by atomic mass is 9.85. The van der Waals surface area contributed by atoms with Crippen molar-refractivity contribution >= 4 is 23.0 Å². The highest BCUT2D eigenvalue weighted by Crippen LogP contribution is 2.55. The number of likely N-dealkylation sites (N-methyl/N-ethyl adjacent to an activating group) is 1. The number of hydrogen-bond donors (Lipinski definition) is 0. The van der Waals surface area contributed by atoms with Crippen LogP contribution in [0, 0.1) is 30.0 Å². The maximum absolute atomic E-state index is 14.3. The minimum absolute atomic E-state index is 0.0159. The lowest BCUT2D eigenvalue weighted by Crippen LogP contribution is -2.70. The molecular weight excluding hydrogens is 486 g/mol. The molecule has 2 heterocycles. The molecule has 0 radical (unpaired) electrons. The fourth-order valence-electron chi connectivity index (χ4n) is 4.89. The van der Waals surface area contributed by atoms with Crippen molar-refractivity contribution in [2.24, 2.45) is 11.0 Å². The minimum atomic E-state index is -4.80. The standard InChI is InChI=1S/C25H21F4N5O.C2H6/c1-14-4-6-18(7-5-14)32(3)23(35)24(33-13-17-11-21(17)33)15(2)22(25(27,28)29)31-34(24)19-8-9-20(26)16(10-19)12-30;1-2/h4-10,13,15,21H,11H2,1-3H3;1-2H3/t15-,21?,24+;/m0./s1. The van der Waals surface area contributed by atoms with Crippen molar-refractivity contribution in [2.75, 3.05) is 17.0 Å². The van der Waals surface area contributed by atoms with Gasteiger partial charge in [-0.1, -0.05) is 38.5 Å². The highest BCUT2D eigenvalue weighted by atomic mass is 19.4. The first kappa shape index (κ1) is 26.2. The minimum Gasteiger partial charge on any atom is -0.338 e. The van der Waals surface area contributed by atoms with Gasteiger partial charge in [0.2, 0.25) is 5.66 Å². The molecule has 5 rings (SSSR count). The average Bonchev–Trinajstić information content (AvgIpc) is 3.40. The van der Waals surface area contributed by atoms with Gasteiger partial charge in [0.1, 0.15) is 17.6 Å². The molecule has 1 unspecified atom stereocenters. The van der Waals surface area contributed by atoms with Gasteiger partial charge in [-0.3, -0.25) is 4.79 Å². The third kappa shape index (κ3) is 4.02. The van der Waals surface area contributed by atoms with Crippen molar-refractivity contribution in [3.63, 3.8) is 0 Å². The number of hydrogen-bond acceptors (Lipinski definition) is 5. The van der Waals surface area contributed by atoms with Crippen LogP contribution in [0.5, 0.6) is 0 Å². The molecule has 6 nitrogen and oxygen atoms in total. The Morgan fingerprint density at radius 2 is 1.84 bits per heavy atom. The number of alkyl halides is 3. The van der Waals surface area contributed by atoms with Gasteiger partial charge >= 0.3 is 6.18 Å². The molecule has 1 fully saturated rings. The van der Waals surface area contributed by atoms with Gasteiger partial charge in [-0.05, 0) is 49.2 Å². The number of amides is 1. The van der Waals surface area contributed by atoms with Gasteiger partial charge in [0.15, 0.2) is 0 Å². The molecule has 2 aromatic carbocycles. The van der Waals surface area contributed by atoms with Crippen molar-refractivity contribution in [1.29, 1.82) is 5.26 Å². The summed E-state index contributed by atoms with van der Waals surface area (Å²) in [5.74, 6) is -2.83. The average molecular weight is 514 g/mol. The maximum Gasteiger partial charge on any atom is 0.431 e. The Balaban J connectivity index is 0.00000156. The normalized spacial score (nSPS) is 23.6. The Morgan fingerprint density at radius 3 is 2.35 bits per heavy atom. The number of rotatable bonds is 4. The van der Waals surface area contributed by atoms with Crippen LogP contribution in [0.1, 0.15) is 38.3 Å². The second-order valence-electron chi connectivity index (χ2n) is 9.05. The summed E-state index contributed by atoms with van der Waals surface area (Å²) in [5, 5.41) is 14.2. The molecule has 10 heteroatoms. The number of halogens is 4. The smallest absolute Gasteiger partial charge is 0.338 e. The first-order valence-electron chi connectivity index (χ1n) is 12.0. The van der Waals surface area contributed by atoms with Gasteiger partial charge in [-0.15, -0.1) is 0 Å². The van der Waals surface area contributed by atoms with Crippen LogP contribution in [0.25, 0.3) is 0 Å². The maximum atomic E-state index is 14.3. The van der Waals surface area contributed by atoms with E-state index in [1.54, 1.807) is 41.4 Å². The van der Waals surface area contributed by atoms with Crippen LogP contribution in [-0.4, -0.2) is 41.4 Å². The van der Waals surface area contributed by atoms with E-state index in [1.807, 2.05) is 20.8 Å². The zero-order valence-corrected chi connectivity index (χ0v) is 21.1. The number of aryl methyl sites for hydroxylation is 1. The number of benzene rings is 2. The number of nitriles is 1. The van der Waals surface area contributed by atoms with Gasteiger partial charge in [0, 0.05) is 18.9 Å². The molecule has 37 heavy (non-hydrogen) atoms.